The molecule has 4 aliphatic rings. The first kappa shape index (κ1) is 21.2. The number of nitrogens with zero attached hydrogens (tertiary/aromatic N) is 3. The Balaban J connectivity index is 1.12. The van der Waals surface area contributed by atoms with E-state index in [9.17, 15) is 0 Å². The summed E-state index contributed by atoms with van der Waals surface area (Å²) in [5.74, 6) is 3.72. The predicted octanol–water partition coefficient (Wildman–Crippen LogP) is 3.80. The number of thiocarbonyl (C=S) groups is 1. The van der Waals surface area contributed by atoms with E-state index in [-0.39, 0.29) is 0 Å². The number of nitrogens with one attached hydrogen (secondary N) is 3. The Morgan fingerprint density at radius 3 is 2.39 bits per heavy atom. The maximum atomic E-state index is 5.65. The molecule has 0 spiro atoms. The van der Waals surface area contributed by atoms with Crippen molar-refractivity contribution >= 4 is 29.1 Å². The van der Waals surface area contributed by atoms with E-state index in [2.05, 4.69) is 34.9 Å². The zero-order chi connectivity index (χ0) is 21.4. The Morgan fingerprint density at radius 1 is 0.903 bits per heavy atom. The minimum atomic E-state index is 0.446. The van der Waals surface area contributed by atoms with Crippen LogP contribution in [0.1, 0.15) is 75.5 Å². The van der Waals surface area contributed by atoms with Crippen molar-refractivity contribution in [2.75, 3.05) is 24.3 Å². The molecule has 3 fully saturated rings. The van der Waals surface area contributed by atoms with Gasteiger partial charge in [0.25, 0.3) is 0 Å². The highest BCUT2D eigenvalue weighted by atomic mass is 32.1. The number of hydrogen-bond acceptors (Lipinski definition) is 5. The van der Waals surface area contributed by atoms with Crippen LogP contribution in [0.15, 0.2) is 0 Å². The summed E-state index contributed by atoms with van der Waals surface area (Å²) in [6.07, 6.45) is 14.8. The van der Waals surface area contributed by atoms with E-state index in [0.717, 1.165) is 67.2 Å². The number of rotatable bonds is 5. The third-order valence-corrected chi connectivity index (χ3v) is 8.27. The van der Waals surface area contributed by atoms with Gasteiger partial charge in [0, 0.05) is 37.8 Å². The monoisotopic (exact) mass is 442 g/mol. The molecule has 0 amide bonds. The van der Waals surface area contributed by atoms with Gasteiger partial charge in [0.1, 0.15) is 5.82 Å². The number of aromatic nitrogens is 2. The third kappa shape index (κ3) is 4.76. The second-order valence-electron chi connectivity index (χ2n) is 10.5. The van der Waals surface area contributed by atoms with Gasteiger partial charge in [-0.2, -0.15) is 4.98 Å². The minimum Gasteiger partial charge on any atom is -0.362 e. The summed E-state index contributed by atoms with van der Waals surface area (Å²) in [7, 11) is 4.18. The highest BCUT2D eigenvalue weighted by molar-refractivity contribution is 7.80. The zero-order valence-corrected chi connectivity index (χ0v) is 19.9. The van der Waals surface area contributed by atoms with Crippen LogP contribution in [0, 0.1) is 11.8 Å². The first-order chi connectivity index (χ1) is 15.0. The molecule has 7 heteroatoms. The summed E-state index contributed by atoms with van der Waals surface area (Å²) in [5, 5.41) is 11.8. The smallest absolute Gasteiger partial charge is 0.225 e. The Morgan fingerprint density at radius 2 is 1.68 bits per heavy atom. The molecule has 0 radical (unpaired) electrons. The molecule has 5 rings (SSSR count). The van der Waals surface area contributed by atoms with Crippen molar-refractivity contribution in [2.24, 2.45) is 11.8 Å². The van der Waals surface area contributed by atoms with Crippen LogP contribution in [0.5, 0.6) is 0 Å². The molecule has 3 N–H and O–H groups in total. The van der Waals surface area contributed by atoms with Crippen LogP contribution >= 0.6 is 12.2 Å². The highest BCUT2D eigenvalue weighted by Crippen LogP contribution is 2.44. The fourth-order valence-corrected chi connectivity index (χ4v) is 6.71. The van der Waals surface area contributed by atoms with Crippen molar-refractivity contribution < 1.29 is 0 Å². The molecule has 3 saturated carbocycles. The summed E-state index contributed by atoms with van der Waals surface area (Å²) in [4.78, 5) is 11.9. The van der Waals surface area contributed by atoms with Gasteiger partial charge in [-0.3, -0.25) is 0 Å². The molecular weight excluding hydrogens is 404 g/mol. The Kier molecular flexibility index (Phi) is 6.22. The molecule has 4 aliphatic carbocycles. The summed E-state index contributed by atoms with van der Waals surface area (Å²) >= 11 is 5.65. The van der Waals surface area contributed by atoms with Crippen molar-refractivity contribution in [1.82, 2.24) is 20.6 Å². The lowest BCUT2D eigenvalue weighted by Crippen LogP contribution is -2.49. The Labute approximate surface area is 192 Å². The molecule has 1 aromatic rings. The quantitative estimate of drug-likeness (QED) is 0.600. The molecule has 0 saturated heterocycles. The molecule has 0 aromatic carbocycles. The second-order valence-corrected chi connectivity index (χ2v) is 10.9. The predicted molar refractivity (Wildman–Crippen MR) is 131 cm³/mol. The van der Waals surface area contributed by atoms with Gasteiger partial charge in [0.05, 0.1) is 5.69 Å². The largest absolute Gasteiger partial charge is 0.362 e. The summed E-state index contributed by atoms with van der Waals surface area (Å²) < 4.78 is 0. The van der Waals surface area contributed by atoms with Crippen LogP contribution in [0.3, 0.4) is 0 Å². The van der Waals surface area contributed by atoms with Crippen LogP contribution in [-0.4, -0.2) is 47.3 Å². The van der Waals surface area contributed by atoms with Gasteiger partial charge in [0.15, 0.2) is 5.11 Å². The van der Waals surface area contributed by atoms with E-state index in [1.807, 2.05) is 0 Å². The minimum absolute atomic E-state index is 0.446. The molecule has 1 aromatic heterocycles. The van der Waals surface area contributed by atoms with E-state index in [1.54, 1.807) is 0 Å². The first-order valence-electron chi connectivity index (χ1n) is 12.5. The number of hydrogen-bond donors (Lipinski definition) is 3. The van der Waals surface area contributed by atoms with Gasteiger partial charge in [-0.15, -0.1) is 0 Å². The first-order valence-corrected chi connectivity index (χ1v) is 12.9. The molecule has 31 heavy (non-hydrogen) atoms. The van der Waals surface area contributed by atoms with Gasteiger partial charge < -0.3 is 20.9 Å². The number of anilines is 2. The maximum Gasteiger partial charge on any atom is 0.225 e. The SMILES string of the molecule is CN(C)c1nc(NC2CCC(NC(=S)NC3CC4CCC3C4)CC2)nc2c1CCCC2. The Hall–Kier alpha value is -1.63. The lowest BCUT2D eigenvalue weighted by molar-refractivity contribution is 0.369. The number of fused-ring (bicyclic) bond motifs is 3. The second kappa shape index (κ2) is 9.08. The molecule has 170 valence electrons. The summed E-state index contributed by atoms with van der Waals surface area (Å²) in [5.41, 5.74) is 2.60. The maximum absolute atomic E-state index is 5.65. The molecule has 0 aliphatic heterocycles. The highest BCUT2D eigenvalue weighted by Gasteiger charge is 2.39. The van der Waals surface area contributed by atoms with E-state index in [1.165, 1.54) is 49.8 Å². The third-order valence-electron chi connectivity index (χ3n) is 8.04. The van der Waals surface area contributed by atoms with E-state index < -0.39 is 0 Å². The molecule has 6 nitrogen and oxygen atoms in total. The van der Waals surface area contributed by atoms with Crippen molar-refractivity contribution in [2.45, 2.75) is 95.2 Å². The number of aryl methyl sites for hydroxylation is 1. The van der Waals surface area contributed by atoms with E-state index in [4.69, 9.17) is 22.2 Å². The zero-order valence-electron chi connectivity index (χ0n) is 19.1. The molecule has 3 atom stereocenters. The molecule has 1 heterocycles. The average Bonchev–Trinajstić information content (AvgIpc) is 3.37. The normalized spacial score (nSPS) is 31.7. The van der Waals surface area contributed by atoms with Crippen molar-refractivity contribution in [1.29, 1.82) is 0 Å². The van der Waals surface area contributed by atoms with Gasteiger partial charge in [-0.25, -0.2) is 4.98 Å². The van der Waals surface area contributed by atoms with Gasteiger partial charge in [-0.1, -0.05) is 6.42 Å². The van der Waals surface area contributed by atoms with E-state index >= 15 is 0 Å². The molecular formula is C24H38N6S. The van der Waals surface area contributed by atoms with Gasteiger partial charge in [0.2, 0.25) is 5.95 Å². The standard InChI is InChI=1S/C24H38N6S/c1-30(2)22-19-5-3-4-6-20(19)27-23(29-22)25-17-9-11-18(12-10-17)26-24(31)28-21-14-15-7-8-16(21)13-15/h15-18,21H,3-14H2,1-2H3,(H,25,27,29)(H2,26,28,31). The average molecular weight is 443 g/mol. The van der Waals surface area contributed by atoms with Gasteiger partial charge >= 0.3 is 0 Å². The topological polar surface area (TPSA) is 65.1 Å². The van der Waals surface area contributed by atoms with Crippen LogP contribution in [0.25, 0.3) is 0 Å². The van der Waals surface area contributed by atoms with Crippen LogP contribution in [-0.2, 0) is 12.8 Å². The summed E-state index contributed by atoms with van der Waals surface area (Å²) in [6.45, 7) is 0. The lowest BCUT2D eigenvalue weighted by atomic mass is 9.91. The molecule has 3 unspecified atom stereocenters. The van der Waals surface area contributed by atoms with Crippen LogP contribution in [0.4, 0.5) is 11.8 Å². The lowest BCUT2D eigenvalue weighted by Gasteiger charge is -2.32. The fraction of sp³-hybridized carbons (Fsp3) is 0.792. The van der Waals surface area contributed by atoms with Gasteiger partial charge in [-0.05, 0) is 94.7 Å². The van der Waals surface area contributed by atoms with Crippen molar-refractivity contribution in [3.63, 3.8) is 0 Å². The Bertz CT molecular complexity index is 804. The van der Waals surface area contributed by atoms with Crippen molar-refractivity contribution in [3.05, 3.63) is 11.3 Å². The summed E-state index contributed by atoms with van der Waals surface area (Å²) in [6, 6.07) is 1.55. The fourth-order valence-electron chi connectivity index (χ4n) is 6.39. The molecule has 2 bridgehead atoms. The van der Waals surface area contributed by atoms with Crippen LogP contribution in [0.2, 0.25) is 0 Å². The van der Waals surface area contributed by atoms with Crippen molar-refractivity contribution in [3.8, 4) is 0 Å². The van der Waals surface area contributed by atoms with E-state index in [0.29, 0.717) is 18.1 Å². The van der Waals surface area contributed by atoms with Crippen LogP contribution < -0.4 is 20.9 Å².